The molecule has 0 heterocycles. The minimum Gasteiger partial charge on any atom is -0.394 e. The molecule has 0 aromatic heterocycles. The summed E-state index contributed by atoms with van der Waals surface area (Å²) in [5, 5.41) is 8.53. The Morgan fingerprint density at radius 1 is 1.44 bits per heavy atom. The van der Waals surface area contributed by atoms with Crippen molar-refractivity contribution in [1.29, 1.82) is 0 Å². The second kappa shape index (κ2) is 7.45. The van der Waals surface area contributed by atoms with Crippen molar-refractivity contribution in [2.24, 2.45) is 0 Å². The standard InChI is InChI=1S/C12H15BrFNO3/c1-15(2-4-18-5-3-16)12(17)9-6-10(13)8-11(14)7-9/h6-8,16H,2-5H2,1H3. The van der Waals surface area contributed by atoms with Crippen molar-refractivity contribution in [2.75, 3.05) is 33.4 Å². The van der Waals surface area contributed by atoms with Gasteiger partial charge in [0, 0.05) is 23.6 Å². The van der Waals surface area contributed by atoms with Crippen molar-refractivity contribution < 1.29 is 19.0 Å². The van der Waals surface area contributed by atoms with Gasteiger partial charge in [-0.15, -0.1) is 0 Å². The molecular weight excluding hydrogens is 305 g/mol. The van der Waals surface area contributed by atoms with E-state index in [-0.39, 0.29) is 24.7 Å². The quantitative estimate of drug-likeness (QED) is 0.811. The lowest BCUT2D eigenvalue weighted by molar-refractivity contribution is 0.0618. The van der Waals surface area contributed by atoms with Gasteiger partial charge in [0.25, 0.3) is 5.91 Å². The zero-order valence-electron chi connectivity index (χ0n) is 10.0. The Morgan fingerprint density at radius 3 is 2.78 bits per heavy atom. The molecule has 0 saturated heterocycles. The molecule has 1 amide bonds. The van der Waals surface area contributed by atoms with Crippen LogP contribution in [0.3, 0.4) is 0 Å². The molecular formula is C12H15BrFNO3. The van der Waals surface area contributed by atoms with Crippen molar-refractivity contribution in [2.45, 2.75) is 0 Å². The molecule has 0 saturated carbocycles. The number of carbonyl (C=O) groups is 1. The number of amides is 1. The van der Waals surface area contributed by atoms with Gasteiger partial charge in [0.2, 0.25) is 0 Å². The summed E-state index contributed by atoms with van der Waals surface area (Å²) in [5.41, 5.74) is 0.284. The van der Waals surface area contributed by atoms with Crippen molar-refractivity contribution in [3.05, 3.63) is 34.1 Å². The minimum absolute atomic E-state index is 0.0471. The summed E-state index contributed by atoms with van der Waals surface area (Å²) < 4.78 is 18.7. The fourth-order valence-corrected chi connectivity index (χ4v) is 1.83. The number of ether oxygens (including phenoxy) is 1. The van der Waals surface area contributed by atoms with E-state index in [0.29, 0.717) is 17.6 Å². The minimum atomic E-state index is -0.461. The van der Waals surface area contributed by atoms with E-state index in [4.69, 9.17) is 9.84 Å². The van der Waals surface area contributed by atoms with Crippen LogP contribution in [0, 0.1) is 5.82 Å². The molecule has 0 radical (unpaired) electrons. The fourth-order valence-electron chi connectivity index (χ4n) is 1.37. The van der Waals surface area contributed by atoms with Crippen LogP contribution in [-0.2, 0) is 4.74 Å². The first-order chi connectivity index (χ1) is 8.54. The summed E-state index contributed by atoms with van der Waals surface area (Å²) in [4.78, 5) is 13.4. The maximum absolute atomic E-state index is 13.2. The molecule has 0 fully saturated rings. The number of benzene rings is 1. The lowest BCUT2D eigenvalue weighted by Crippen LogP contribution is -2.30. The first-order valence-corrected chi connectivity index (χ1v) is 6.24. The van der Waals surface area contributed by atoms with Gasteiger partial charge in [-0.1, -0.05) is 15.9 Å². The van der Waals surface area contributed by atoms with Gasteiger partial charge >= 0.3 is 0 Å². The molecule has 1 rings (SSSR count). The monoisotopic (exact) mass is 319 g/mol. The van der Waals surface area contributed by atoms with E-state index in [2.05, 4.69) is 15.9 Å². The van der Waals surface area contributed by atoms with Gasteiger partial charge in [-0.2, -0.15) is 0 Å². The molecule has 100 valence electrons. The molecule has 4 nitrogen and oxygen atoms in total. The Hall–Kier alpha value is -0.980. The van der Waals surface area contributed by atoms with E-state index in [0.717, 1.165) is 0 Å². The van der Waals surface area contributed by atoms with Crippen molar-refractivity contribution in [1.82, 2.24) is 4.90 Å². The summed E-state index contributed by atoms with van der Waals surface area (Å²) in [7, 11) is 1.61. The first kappa shape index (κ1) is 15.1. The lowest BCUT2D eigenvalue weighted by atomic mass is 10.2. The molecule has 1 aromatic rings. The van der Waals surface area contributed by atoms with Crippen LogP contribution in [0.4, 0.5) is 4.39 Å². The van der Waals surface area contributed by atoms with E-state index in [9.17, 15) is 9.18 Å². The first-order valence-electron chi connectivity index (χ1n) is 5.44. The molecule has 0 aliphatic carbocycles. The van der Waals surface area contributed by atoms with Gasteiger partial charge in [0.1, 0.15) is 5.82 Å². The normalized spacial score (nSPS) is 10.4. The zero-order chi connectivity index (χ0) is 13.5. The molecule has 18 heavy (non-hydrogen) atoms. The number of hydrogen-bond acceptors (Lipinski definition) is 3. The van der Waals surface area contributed by atoms with E-state index in [1.165, 1.54) is 17.0 Å². The smallest absolute Gasteiger partial charge is 0.253 e. The summed E-state index contributed by atoms with van der Waals surface area (Å²) >= 11 is 3.14. The predicted octanol–water partition coefficient (Wildman–Crippen LogP) is 1.67. The Morgan fingerprint density at radius 2 is 2.17 bits per heavy atom. The zero-order valence-corrected chi connectivity index (χ0v) is 11.6. The van der Waals surface area contributed by atoms with Crippen LogP contribution in [0.5, 0.6) is 0 Å². The second-order valence-corrected chi connectivity index (χ2v) is 4.64. The Bertz CT molecular complexity index is 394. The molecule has 1 aromatic carbocycles. The highest BCUT2D eigenvalue weighted by Crippen LogP contribution is 2.16. The molecule has 0 aliphatic heterocycles. The van der Waals surface area contributed by atoms with E-state index in [1.807, 2.05) is 0 Å². The number of nitrogens with zero attached hydrogens (tertiary/aromatic N) is 1. The highest BCUT2D eigenvalue weighted by Gasteiger charge is 2.13. The SMILES string of the molecule is CN(CCOCCO)C(=O)c1cc(F)cc(Br)c1. The molecule has 0 aliphatic rings. The van der Waals surface area contributed by atoms with E-state index >= 15 is 0 Å². The number of likely N-dealkylation sites (N-methyl/N-ethyl adjacent to an activating group) is 1. The summed E-state index contributed by atoms with van der Waals surface area (Å²) in [6, 6.07) is 4.05. The summed E-state index contributed by atoms with van der Waals surface area (Å²) in [5.74, 6) is -0.736. The largest absolute Gasteiger partial charge is 0.394 e. The van der Waals surface area contributed by atoms with Gasteiger partial charge in [0.15, 0.2) is 0 Å². The molecule has 0 spiro atoms. The maximum atomic E-state index is 13.2. The number of rotatable bonds is 6. The van der Waals surface area contributed by atoms with Gasteiger partial charge in [0.05, 0.1) is 19.8 Å². The molecule has 1 N–H and O–H groups in total. The molecule has 0 atom stereocenters. The molecule has 0 bridgehead atoms. The lowest BCUT2D eigenvalue weighted by Gasteiger charge is -2.17. The van der Waals surface area contributed by atoms with Gasteiger partial charge in [-0.3, -0.25) is 4.79 Å². The van der Waals surface area contributed by atoms with Crippen LogP contribution in [0.2, 0.25) is 0 Å². The summed E-state index contributed by atoms with van der Waals surface area (Å²) in [6.45, 7) is 0.911. The third-order valence-corrected chi connectivity index (χ3v) is 2.72. The van der Waals surface area contributed by atoms with Crippen LogP contribution < -0.4 is 0 Å². The third kappa shape index (κ3) is 4.72. The van der Waals surface area contributed by atoms with Crippen molar-refractivity contribution >= 4 is 21.8 Å². The number of aliphatic hydroxyl groups is 1. The number of carbonyl (C=O) groups excluding carboxylic acids is 1. The number of aliphatic hydroxyl groups excluding tert-OH is 1. The average Bonchev–Trinajstić information content (AvgIpc) is 2.32. The van der Waals surface area contributed by atoms with Crippen LogP contribution in [-0.4, -0.2) is 49.3 Å². The van der Waals surface area contributed by atoms with E-state index in [1.54, 1.807) is 13.1 Å². The van der Waals surface area contributed by atoms with Gasteiger partial charge in [-0.05, 0) is 18.2 Å². The van der Waals surface area contributed by atoms with Gasteiger partial charge < -0.3 is 14.7 Å². The predicted molar refractivity (Wildman–Crippen MR) is 69.0 cm³/mol. The molecule has 0 unspecified atom stereocenters. The third-order valence-electron chi connectivity index (χ3n) is 2.26. The van der Waals surface area contributed by atoms with Crippen molar-refractivity contribution in [3.8, 4) is 0 Å². The Balaban J connectivity index is 2.57. The maximum Gasteiger partial charge on any atom is 0.253 e. The second-order valence-electron chi connectivity index (χ2n) is 3.72. The van der Waals surface area contributed by atoms with E-state index < -0.39 is 5.82 Å². The topological polar surface area (TPSA) is 49.8 Å². The number of halogens is 2. The highest BCUT2D eigenvalue weighted by molar-refractivity contribution is 9.10. The van der Waals surface area contributed by atoms with Crippen molar-refractivity contribution in [3.63, 3.8) is 0 Å². The van der Waals surface area contributed by atoms with Gasteiger partial charge in [-0.25, -0.2) is 4.39 Å². The van der Waals surface area contributed by atoms with Crippen LogP contribution >= 0.6 is 15.9 Å². The van der Waals surface area contributed by atoms with Crippen LogP contribution in [0.15, 0.2) is 22.7 Å². The fraction of sp³-hybridized carbons (Fsp3) is 0.417. The summed E-state index contributed by atoms with van der Waals surface area (Å²) in [6.07, 6.45) is 0. The number of hydrogen-bond donors (Lipinski definition) is 1. The molecule has 6 heteroatoms. The van der Waals surface area contributed by atoms with Crippen LogP contribution in [0.25, 0.3) is 0 Å². The Labute approximate surface area is 113 Å². The highest BCUT2D eigenvalue weighted by atomic mass is 79.9. The van der Waals surface area contributed by atoms with Crippen LogP contribution in [0.1, 0.15) is 10.4 Å². The average molecular weight is 320 g/mol. The Kier molecular flexibility index (Phi) is 6.24.